The Labute approximate surface area is 185 Å². The summed E-state index contributed by atoms with van der Waals surface area (Å²) in [5, 5.41) is 18.7. The molecule has 0 spiro atoms. The second-order valence-corrected chi connectivity index (χ2v) is 7.71. The van der Waals surface area contributed by atoms with Gasteiger partial charge < -0.3 is 15.5 Å². The quantitative estimate of drug-likeness (QED) is 0.495. The minimum Gasteiger partial charge on any atom is -0.369 e. The van der Waals surface area contributed by atoms with Gasteiger partial charge in [0.1, 0.15) is 11.6 Å². The second-order valence-electron chi connectivity index (χ2n) is 7.71. The summed E-state index contributed by atoms with van der Waals surface area (Å²) in [6, 6.07) is 9.51. The summed E-state index contributed by atoms with van der Waals surface area (Å²) < 4.78 is 15.4. The fourth-order valence-corrected chi connectivity index (χ4v) is 3.70. The van der Waals surface area contributed by atoms with E-state index in [1.165, 1.54) is 12.1 Å². The molecule has 2 amide bonds. The lowest BCUT2D eigenvalue weighted by Crippen LogP contribution is -2.36. The van der Waals surface area contributed by atoms with Gasteiger partial charge in [0.15, 0.2) is 11.5 Å². The van der Waals surface area contributed by atoms with E-state index < -0.39 is 11.7 Å². The molecule has 32 heavy (non-hydrogen) atoms. The number of hydrogen-bond donors (Lipinski definition) is 2. The molecule has 0 radical (unpaired) electrons. The predicted molar refractivity (Wildman–Crippen MR) is 117 cm³/mol. The molecule has 2 N–H and O–H groups in total. The largest absolute Gasteiger partial charge is 0.369 e. The zero-order valence-corrected chi connectivity index (χ0v) is 17.8. The molecule has 0 unspecified atom stereocenters. The molecule has 1 aliphatic heterocycles. The molecule has 10 heteroatoms. The van der Waals surface area contributed by atoms with Crippen molar-refractivity contribution in [1.82, 2.24) is 30.0 Å². The van der Waals surface area contributed by atoms with Gasteiger partial charge in [0.25, 0.3) is 5.91 Å². The number of nitrogens with zero attached hydrogens (tertiary/aromatic N) is 5. The minimum atomic E-state index is -0.556. The van der Waals surface area contributed by atoms with E-state index in [0.29, 0.717) is 36.7 Å². The Morgan fingerprint density at radius 1 is 1.09 bits per heavy atom. The van der Waals surface area contributed by atoms with Crippen molar-refractivity contribution >= 4 is 23.3 Å². The van der Waals surface area contributed by atoms with Gasteiger partial charge in [-0.1, -0.05) is 12.1 Å². The third kappa shape index (κ3) is 5.19. The molecule has 0 saturated carbocycles. The summed E-state index contributed by atoms with van der Waals surface area (Å²) in [7, 11) is 0. The number of halogens is 1. The van der Waals surface area contributed by atoms with Crippen molar-refractivity contribution in [3.8, 4) is 0 Å². The van der Waals surface area contributed by atoms with E-state index in [2.05, 4.69) is 25.9 Å². The molecule has 9 nitrogen and oxygen atoms in total. The number of nitrogens with one attached hydrogen (secondary N) is 2. The monoisotopic (exact) mass is 439 g/mol. The summed E-state index contributed by atoms with van der Waals surface area (Å²) in [5.74, 6) is 0.488. The molecule has 3 heterocycles. The van der Waals surface area contributed by atoms with Crippen LogP contribution >= 0.6 is 0 Å². The van der Waals surface area contributed by atoms with Crippen LogP contribution in [0.3, 0.4) is 0 Å². The standard InChI is InChI=1S/C22H26FN7O2/c23-17-7-2-1-6-16(17)22(32)25-13-11-20-27-26-19-10-9-18(28-30(19)20)24-12-5-15-29-14-4-3-8-21(29)31/h1-2,6-7,9-10H,3-5,8,11-15H2,(H,24,28)(H,25,32). The maximum Gasteiger partial charge on any atom is 0.254 e. The first-order valence-corrected chi connectivity index (χ1v) is 10.9. The normalized spacial score (nSPS) is 14.0. The summed E-state index contributed by atoms with van der Waals surface area (Å²) >= 11 is 0. The molecule has 1 aliphatic rings. The van der Waals surface area contributed by atoms with Crippen molar-refractivity contribution in [1.29, 1.82) is 0 Å². The first-order chi connectivity index (χ1) is 15.6. The van der Waals surface area contributed by atoms with Gasteiger partial charge in [-0.3, -0.25) is 9.59 Å². The van der Waals surface area contributed by atoms with Crippen LogP contribution < -0.4 is 10.6 Å². The van der Waals surface area contributed by atoms with E-state index in [9.17, 15) is 14.0 Å². The third-order valence-electron chi connectivity index (χ3n) is 5.41. The van der Waals surface area contributed by atoms with E-state index in [4.69, 9.17) is 0 Å². The number of benzene rings is 1. The SMILES string of the molecule is O=C(NCCc1nnc2ccc(NCCCN3CCCCC3=O)nn12)c1ccccc1F. The zero-order valence-electron chi connectivity index (χ0n) is 17.8. The van der Waals surface area contributed by atoms with E-state index in [0.717, 1.165) is 32.4 Å². The van der Waals surface area contributed by atoms with Crippen LogP contribution in [0.1, 0.15) is 41.9 Å². The van der Waals surface area contributed by atoms with Crippen LogP contribution in [0.15, 0.2) is 36.4 Å². The molecule has 2 aromatic heterocycles. The Hall–Kier alpha value is -3.56. The Balaban J connectivity index is 1.29. The highest BCUT2D eigenvalue weighted by atomic mass is 19.1. The van der Waals surface area contributed by atoms with Gasteiger partial charge in [0.05, 0.1) is 5.56 Å². The van der Waals surface area contributed by atoms with Gasteiger partial charge in [0, 0.05) is 39.0 Å². The second kappa shape index (κ2) is 10.2. The number of hydrogen-bond acceptors (Lipinski definition) is 6. The van der Waals surface area contributed by atoms with Gasteiger partial charge in [-0.05, 0) is 43.5 Å². The van der Waals surface area contributed by atoms with Gasteiger partial charge in [0.2, 0.25) is 5.91 Å². The molecular formula is C22H26FN7O2. The molecule has 168 valence electrons. The molecule has 3 aromatic rings. The molecule has 1 fully saturated rings. The van der Waals surface area contributed by atoms with Crippen molar-refractivity contribution in [3.05, 3.63) is 53.6 Å². The van der Waals surface area contributed by atoms with Gasteiger partial charge in [-0.15, -0.1) is 15.3 Å². The Morgan fingerprint density at radius 2 is 1.97 bits per heavy atom. The van der Waals surface area contributed by atoms with E-state index >= 15 is 0 Å². The topological polar surface area (TPSA) is 105 Å². The first kappa shape index (κ1) is 21.7. The fraction of sp³-hybridized carbons (Fsp3) is 0.409. The van der Waals surface area contributed by atoms with Crippen molar-refractivity contribution in [2.45, 2.75) is 32.1 Å². The number of fused-ring (bicyclic) bond motifs is 1. The van der Waals surface area contributed by atoms with Crippen molar-refractivity contribution in [2.75, 3.05) is 31.5 Å². The lowest BCUT2D eigenvalue weighted by molar-refractivity contribution is -0.133. The highest BCUT2D eigenvalue weighted by molar-refractivity contribution is 5.94. The summed E-state index contributed by atoms with van der Waals surface area (Å²) in [6.07, 6.45) is 3.96. The fourth-order valence-electron chi connectivity index (χ4n) is 3.70. The summed E-state index contributed by atoms with van der Waals surface area (Å²) in [6.45, 7) is 2.56. The average Bonchev–Trinajstić information content (AvgIpc) is 3.20. The summed E-state index contributed by atoms with van der Waals surface area (Å²) in [4.78, 5) is 25.9. The Morgan fingerprint density at radius 3 is 2.81 bits per heavy atom. The molecule has 0 atom stereocenters. The van der Waals surface area contributed by atoms with Gasteiger partial charge in [-0.25, -0.2) is 4.39 Å². The van der Waals surface area contributed by atoms with Crippen molar-refractivity contribution in [3.63, 3.8) is 0 Å². The van der Waals surface area contributed by atoms with Crippen LogP contribution in [0.5, 0.6) is 0 Å². The minimum absolute atomic E-state index is 0.00876. The lowest BCUT2D eigenvalue weighted by Gasteiger charge is -2.26. The number of amides is 2. The average molecular weight is 439 g/mol. The van der Waals surface area contributed by atoms with E-state index in [1.807, 2.05) is 17.0 Å². The number of rotatable bonds is 9. The lowest BCUT2D eigenvalue weighted by atomic mass is 10.1. The van der Waals surface area contributed by atoms with Gasteiger partial charge >= 0.3 is 0 Å². The van der Waals surface area contributed by atoms with Crippen molar-refractivity contribution in [2.24, 2.45) is 0 Å². The number of piperidine rings is 1. The molecular weight excluding hydrogens is 413 g/mol. The Bertz CT molecular complexity index is 1100. The van der Waals surface area contributed by atoms with Crippen LogP contribution in [0.2, 0.25) is 0 Å². The number of likely N-dealkylation sites (tertiary alicyclic amines) is 1. The van der Waals surface area contributed by atoms with Crippen LogP contribution in [-0.2, 0) is 11.2 Å². The Kier molecular flexibility index (Phi) is 6.88. The molecule has 0 aliphatic carbocycles. The van der Waals surface area contributed by atoms with Gasteiger partial charge in [-0.2, -0.15) is 4.52 Å². The highest BCUT2D eigenvalue weighted by Gasteiger charge is 2.17. The molecule has 4 rings (SSSR count). The number of carbonyl (C=O) groups is 2. The number of anilines is 1. The molecule has 1 saturated heterocycles. The molecule has 0 bridgehead atoms. The summed E-state index contributed by atoms with van der Waals surface area (Å²) in [5.41, 5.74) is 0.611. The zero-order chi connectivity index (χ0) is 22.3. The van der Waals surface area contributed by atoms with Crippen LogP contribution in [-0.4, -0.2) is 62.7 Å². The smallest absolute Gasteiger partial charge is 0.254 e. The highest BCUT2D eigenvalue weighted by Crippen LogP contribution is 2.12. The maximum absolute atomic E-state index is 13.7. The van der Waals surface area contributed by atoms with Crippen molar-refractivity contribution < 1.29 is 14.0 Å². The number of aromatic nitrogens is 4. The van der Waals surface area contributed by atoms with E-state index in [1.54, 1.807) is 16.6 Å². The third-order valence-corrected chi connectivity index (χ3v) is 5.41. The van der Waals surface area contributed by atoms with E-state index in [-0.39, 0.29) is 18.0 Å². The number of carbonyl (C=O) groups excluding carboxylic acids is 2. The van der Waals surface area contributed by atoms with Crippen LogP contribution in [0.4, 0.5) is 10.2 Å². The maximum atomic E-state index is 13.7. The van der Waals surface area contributed by atoms with Crippen LogP contribution in [0.25, 0.3) is 5.65 Å². The first-order valence-electron chi connectivity index (χ1n) is 10.9. The predicted octanol–water partition coefficient (Wildman–Crippen LogP) is 2.05. The molecule has 1 aromatic carbocycles. The van der Waals surface area contributed by atoms with Crippen LogP contribution in [0, 0.1) is 5.82 Å².